The van der Waals surface area contributed by atoms with Gasteiger partial charge in [0.2, 0.25) is 0 Å². The molecule has 128 valence electrons. The van der Waals surface area contributed by atoms with Crippen molar-refractivity contribution in [1.82, 2.24) is 9.97 Å². The number of aromatic nitrogens is 2. The van der Waals surface area contributed by atoms with E-state index in [2.05, 4.69) is 69.0 Å². The third kappa shape index (κ3) is 7.87. The first-order valence-electron chi connectivity index (χ1n) is 8.59. The number of hydrogen-bond donors (Lipinski definition) is 0. The van der Waals surface area contributed by atoms with E-state index in [0.717, 1.165) is 24.2 Å². The van der Waals surface area contributed by atoms with Gasteiger partial charge in [-0.3, -0.25) is 9.97 Å². The summed E-state index contributed by atoms with van der Waals surface area (Å²) in [6.07, 6.45) is 9.53. The molecule has 0 aliphatic heterocycles. The minimum atomic E-state index is 0.696. The molecule has 2 rings (SSSR count). The highest BCUT2D eigenvalue weighted by Gasteiger charge is 1.98. The molecule has 0 aliphatic rings. The van der Waals surface area contributed by atoms with Gasteiger partial charge in [0.05, 0.1) is 11.4 Å². The summed E-state index contributed by atoms with van der Waals surface area (Å²) in [6, 6.07) is 8.27. The van der Waals surface area contributed by atoms with Crippen molar-refractivity contribution in [2.24, 2.45) is 11.8 Å². The van der Waals surface area contributed by atoms with E-state index in [1.807, 2.05) is 18.5 Å². The fraction of sp³-hybridized carbons (Fsp3) is 0.364. The van der Waals surface area contributed by atoms with Crippen molar-refractivity contribution in [3.8, 4) is 0 Å². The van der Waals surface area contributed by atoms with E-state index in [0.29, 0.717) is 11.8 Å². The van der Waals surface area contributed by atoms with Gasteiger partial charge in [-0.1, -0.05) is 46.9 Å². The maximum atomic E-state index is 4.23. The number of nitrogens with zero attached hydrogens (tertiary/aromatic N) is 2. The summed E-state index contributed by atoms with van der Waals surface area (Å²) in [6.45, 7) is 16.2. The van der Waals surface area contributed by atoms with Gasteiger partial charge in [-0.15, -0.1) is 0 Å². The van der Waals surface area contributed by atoms with E-state index < -0.39 is 0 Å². The summed E-state index contributed by atoms with van der Waals surface area (Å²) in [5, 5.41) is 0. The van der Waals surface area contributed by atoms with E-state index in [1.54, 1.807) is 12.2 Å². The molecule has 0 fully saturated rings. The van der Waals surface area contributed by atoms with Gasteiger partial charge in [-0.05, 0) is 66.2 Å². The van der Waals surface area contributed by atoms with Crippen molar-refractivity contribution in [2.45, 2.75) is 40.5 Å². The van der Waals surface area contributed by atoms with Crippen LogP contribution in [0.25, 0.3) is 12.2 Å². The van der Waals surface area contributed by atoms with E-state index in [4.69, 9.17) is 0 Å². The van der Waals surface area contributed by atoms with E-state index in [1.165, 1.54) is 11.1 Å². The highest BCUT2D eigenvalue weighted by Crippen LogP contribution is 2.09. The molecule has 0 aliphatic carbocycles. The predicted molar refractivity (Wildman–Crippen MR) is 106 cm³/mol. The molecule has 2 aromatic rings. The minimum absolute atomic E-state index is 0.696. The third-order valence-corrected chi connectivity index (χ3v) is 3.40. The lowest BCUT2D eigenvalue weighted by Gasteiger charge is -2.04. The number of hydrogen-bond acceptors (Lipinski definition) is 2. The molecule has 2 heterocycles. The van der Waals surface area contributed by atoms with Crippen molar-refractivity contribution >= 4 is 12.2 Å². The topological polar surface area (TPSA) is 25.8 Å². The summed E-state index contributed by atoms with van der Waals surface area (Å²) in [5.74, 6) is 1.39. The lowest BCUT2D eigenvalue weighted by Crippen LogP contribution is -1.94. The third-order valence-electron chi connectivity index (χ3n) is 3.40. The molecule has 0 bridgehead atoms. The highest BCUT2D eigenvalue weighted by atomic mass is 14.7. The van der Waals surface area contributed by atoms with Crippen LogP contribution in [-0.4, -0.2) is 9.97 Å². The molecule has 2 nitrogen and oxygen atoms in total. The molecule has 0 aromatic carbocycles. The summed E-state index contributed by atoms with van der Waals surface area (Å²) < 4.78 is 0. The Morgan fingerprint density at radius 2 is 1.46 bits per heavy atom. The summed E-state index contributed by atoms with van der Waals surface area (Å²) in [4.78, 5) is 8.38. The molecule has 0 unspecified atom stereocenters. The van der Waals surface area contributed by atoms with Gasteiger partial charge in [0.25, 0.3) is 0 Å². The fourth-order valence-electron chi connectivity index (χ4n) is 2.35. The SMILES string of the molecule is C=Cc1cc(CC(C)C)ccn1.C=Cc1ccc(CC(C)C)cn1. The maximum Gasteiger partial charge on any atom is 0.0626 e. The summed E-state index contributed by atoms with van der Waals surface area (Å²) >= 11 is 0. The summed E-state index contributed by atoms with van der Waals surface area (Å²) in [7, 11) is 0. The zero-order valence-electron chi connectivity index (χ0n) is 15.5. The second-order valence-corrected chi connectivity index (χ2v) is 6.78. The first kappa shape index (κ1) is 19.8. The van der Waals surface area contributed by atoms with Crippen LogP contribution >= 0.6 is 0 Å². The lowest BCUT2D eigenvalue weighted by molar-refractivity contribution is 0.645. The monoisotopic (exact) mass is 322 g/mol. The van der Waals surface area contributed by atoms with Gasteiger partial charge >= 0.3 is 0 Å². The van der Waals surface area contributed by atoms with Crippen molar-refractivity contribution < 1.29 is 0 Å². The Hall–Kier alpha value is -2.22. The Kier molecular flexibility index (Phi) is 8.70. The Balaban J connectivity index is 0.000000240. The molecule has 2 aromatic heterocycles. The Morgan fingerprint density at radius 1 is 0.833 bits per heavy atom. The van der Waals surface area contributed by atoms with Crippen LogP contribution in [0.1, 0.15) is 50.2 Å². The van der Waals surface area contributed by atoms with Crippen molar-refractivity contribution in [2.75, 3.05) is 0 Å². The first-order valence-corrected chi connectivity index (χ1v) is 8.59. The van der Waals surface area contributed by atoms with Crippen molar-refractivity contribution in [1.29, 1.82) is 0 Å². The van der Waals surface area contributed by atoms with Gasteiger partial charge in [0.1, 0.15) is 0 Å². The molecule has 0 saturated heterocycles. The van der Waals surface area contributed by atoms with Crippen molar-refractivity contribution in [3.05, 3.63) is 72.3 Å². The second-order valence-electron chi connectivity index (χ2n) is 6.78. The predicted octanol–water partition coefficient (Wildman–Crippen LogP) is 5.85. The molecular weight excluding hydrogens is 292 g/mol. The van der Waals surface area contributed by atoms with Gasteiger partial charge in [-0.25, -0.2) is 0 Å². The fourth-order valence-corrected chi connectivity index (χ4v) is 2.35. The largest absolute Gasteiger partial charge is 0.257 e. The minimum Gasteiger partial charge on any atom is -0.257 e. The molecule has 0 atom stereocenters. The van der Waals surface area contributed by atoms with Gasteiger partial charge in [0, 0.05) is 12.4 Å². The maximum absolute atomic E-state index is 4.23. The smallest absolute Gasteiger partial charge is 0.0626 e. The van der Waals surface area contributed by atoms with Crippen LogP contribution in [0.5, 0.6) is 0 Å². The molecule has 0 spiro atoms. The standard InChI is InChI=1S/2C11H15N/c1-4-11-8-10(5-6-12-11)7-9(2)3;1-4-11-6-5-10(8-12-11)7-9(2)3/h2*4-6,8-9H,1,7H2,2-3H3. The molecule has 0 radical (unpaired) electrons. The first-order chi connectivity index (χ1) is 11.4. The van der Waals surface area contributed by atoms with Crippen LogP contribution in [0.2, 0.25) is 0 Å². The van der Waals surface area contributed by atoms with Gasteiger partial charge in [-0.2, -0.15) is 0 Å². The average molecular weight is 322 g/mol. The number of pyridine rings is 2. The molecule has 0 amide bonds. The van der Waals surface area contributed by atoms with E-state index in [-0.39, 0.29) is 0 Å². The van der Waals surface area contributed by atoms with Gasteiger partial charge in [0.15, 0.2) is 0 Å². The number of rotatable bonds is 6. The Morgan fingerprint density at radius 3 is 1.96 bits per heavy atom. The van der Waals surface area contributed by atoms with Gasteiger partial charge < -0.3 is 0 Å². The van der Waals surface area contributed by atoms with Crippen LogP contribution < -0.4 is 0 Å². The van der Waals surface area contributed by atoms with Crippen molar-refractivity contribution in [3.63, 3.8) is 0 Å². The molecule has 24 heavy (non-hydrogen) atoms. The van der Waals surface area contributed by atoms with Crippen LogP contribution in [0, 0.1) is 11.8 Å². The van der Waals surface area contributed by atoms with E-state index >= 15 is 0 Å². The molecule has 2 heteroatoms. The Bertz CT molecular complexity index is 625. The Labute approximate surface area is 147 Å². The highest BCUT2D eigenvalue weighted by molar-refractivity contribution is 5.42. The second kappa shape index (κ2) is 10.5. The molecular formula is C22H30N2. The lowest BCUT2D eigenvalue weighted by atomic mass is 10.0. The molecule has 0 N–H and O–H groups in total. The summed E-state index contributed by atoms with van der Waals surface area (Å²) in [5.41, 5.74) is 4.56. The van der Waals surface area contributed by atoms with E-state index in [9.17, 15) is 0 Å². The van der Waals surface area contributed by atoms with Crippen LogP contribution in [0.4, 0.5) is 0 Å². The van der Waals surface area contributed by atoms with Crippen LogP contribution in [0.15, 0.2) is 49.8 Å². The zero-order valence-corrected chi connectivity index (χ0v) is 15.5. The quantitative estimate of drug-likeness (QED) is 0.667. The average Bonchev–Trinajstić information content (AvgIpc) is 2.55. The zero-order chi connectivity index (χ0) is 17.9. The van der Waals surface area contributed by atoms with Crippen LogP contribution in [-0.2, 0) is 12.8 Å². The normalized spacial score (nSPS) is 10.2. The molecule has 0 saturated carbocycles. The van der Waals surface area contributed by atoms with Crippen LogP contribution in [0.3, 0.4) is 0 Å².